The summed E-state index contributed by atoms with van der Waals surface area (Å²) in [5.41, 5.74) is 0.583. The van der Waals surface area contributed by atoms with Crippen molar-refractivity contribution in [2.24, 2.45) is 0 Å². The molecule has 0 saturated heterocycles. The van der Waals surface area contributed by atoms with Crippen LogP contribution in [0.3, 0.4) is 0 Å². The van der Waals surface area contributed by atoms with Gasteiger partial charge in [0, 0.05) is 6.54 Å². The smallest absolute Gasteiger partial charge is 0.414 e. The monoisotopic (exact) mass is 415 g/mol. The minimum atomic E-state index is -0.615. The van der Waals surface area contributed by atoms with Crippen LogP contribution in [0.4, 0.5) is 10.5 Å². The third-order valence-corrected chi connectivity index (χ3v) is 4.05. The van der Waals surface area contributed by atoms with Crippen molar-refractivity contribution in [3.05, 3.63) is 29.8 Å². The quantitative estimate of drug-likeness (QED) is 0.386. The number of ether oxygens (including phenoxy) is 3. The van der Waals surface area contributed by atoms with Crippen molar-refractivity contribution in [1.29, 1.82) is 0 Å². The molecule has 0 aliphatic heterocycles. The van der Waals surface area contributed by atoms with Crippen LogP contribution >= 0.6 is 15.9 Å². The first-order chi connectivity index (χ1) is 11.8. The Balaban J connectivity index is 3.13. The van der Waals surface area contributed by atoms with E-state index in [2.05, 4.69) is 20.7 Å². The fourth-order valence-corrected chi connectivity index (χ4v) is 2.45. The highest BCUT2D eigenvalue weighted by Crippen LogP contribution is 2.24. The molecule has 0 N–H and O–H groups in total. The molecule has 0 bridgehead atoms. The van der Waals surface area contributed by atoms with Crippen molar-refractivity contribution >= 4 is 39.6 Å². The third kappa shape index (κ3) is 6.04. The van der Waals surface area contributed by atoms with Gasteiger partial charge < -0.3 is 14.2 Å². The number of anilines is 1. The van der Waals surface area contributed by atoms with Gasteiger partial charge in [0.25, 0.3) is 0 Å². The fraction of sp³-hybridized carbons (Fsp3) is 0.471. The lowest BCUT2D eigenvalue weighted by atomic mass is 10.1. The molecule has 1 atom stereocenters. The summed E-state index contributed by atoms with van der Waals surface area (Å²) in [4.78, 5) is 36.8. The molecule has 1 aromatic carbocycles. The first-order valence-electron chi connectivity index (χ1n) is 7.69. The molecule has 0 aromatic heterocycles. The predicted molar refractivity (Wildman–Crippen MR) is 96.1 cm³/mol. The number of hydrogen-bond donors (Lipinski definition) is 0. The number of hydrogen-bond acceptors (Lipinski definition) is 6. The molecule has 1 unspecified atom stereocenters. The zero-order valence-electron chi connectivity index (χ0n) is 14.7. The normalized spacial score (nSPS) is 11.6. The van der Waals surface area contributed by atoms with Gasteiger partial charge in [0.1, 0.15) is 4.83 Å². The van der Waals surface area contributed by atoms with Crippen LogP contribution in [0.2, 0.25) is 0 Å². The number of methoxy groups -OCH3 is 2. The summed E-state index contributed by atoms with van der Waals surface area (Å²) in [5.74, 6) is -1.01. The fourth-order valence-electron chi connectivity index (χ4n) is 2.06. The highest BCUT2D eigenvalue weighted by Gasteiger charge is 2.26. The van der Waals surface area contributed by atoms with E-state index in [-0.39, 0.29) is 24.6 Å². The van der Waals surface area contributed by atoms with Gasteiger partial charge in [-0.3, -0.25) is 9.69 Å². The molecule has 0 spiro atoms. The van der Waals surface area contributed by atoms with Crippen molar-refractivity contribution in [3.63, 3.8) is 0 Å². The number of halogens is 1. The van der Waals surface area contributed by atoms with Crippen molar-refractivity contribution in [1.82, 2.24) is 0 Å². The first-order valence-corrected chi connectivity index (χ1v) is 8.60. The zero-order chi connectivity index (χ0) is 19.0. The van der Waals surface area contributed by atoms with Crippen molar-refractivity contribution in [3.8, 4) is 0 Å². The van der Waals surface area contributed by atoms with Gasteiger partial charge >= 0.3 is 18.0 Å². The Bertz CT molecular complexity index is 619. The Morgan fingerprint density at radius 1 is 1.12 bits per heavy atom. The Hall–Kier alpha value is -2.09. The highest BCUT2D eigenvalue weighted by atomic mass is 79.9. The SMILES string of the molecule is COC(=O)c1ccccc1N(CCC(Br)C(=O)OC)C(=O)OC(C)C. The maximum Gasteiger partial charge on any atom is 0.414 e. The van der Waals surface area contributed by atoms with E-state index in [1.165, 1.54) is 19.1 Å². The van der Waals surface area contributed by atoms with E-state index in [0.717, 1.165) is 0 Å². The van der Waals surface area contributed by atoms with E-state index in [1.54, 1.807) is 38.1 Å². The Morgan fingerprint density at radius 3 is 2.32 bits per heavy atom. The third-order valence-electron chi connectivity index (χ3n) is 3.22. The van der Waals surface area contributed by atoms with Crippen LogP contribution in [0.5, 0.6) is 0 Å². The minimum Gasteiger partial charge on any atom is -0.468 e. The second kappa shape index (κ2) is 10.0. The summed E-state index contributed by atoms with van der Waals surface area (Å²) in [6.45, 7) is 3.60. The molecule has 25 heavy (non-hydrogen) atoms. The molecule has 0 aliphatic rings. The molecule has 1 aromatic rings. The maximum atomic E-state index is 12.5. The van der Waals surface area contributed by atoms with Gasteiger partial charge in [-0.25, -0.2) is 9.59 Å². The van der Waals surface area contributed by atoms with Crippen LogP contribution < -0.4 is 4.90 Å². The first kappa shape index (κ1) is 21.0. The van der Waals surface area contributed by atoms with Gasteiger partial charge in [0.05, 0.1) is 31.6 Å². The number of carbonyl (C=O) groups excluding carboxylic acids is 3. The topological polar surface area (TPSA) is 82.1 Å². The van der Waals surface area contributed by atoms with Crippen LogP contribution in [-0.2, 0) is 19.0 Å². The molecule has 1 amide bonds. The van der Waals surface area contributed by atoms with Gasteiger partial charge in [-0.2, -0.15) is 0 Å². The van der Waals surface area contributed by atoms with Crippen LogP contribution in [0.25, 0.3) is 0 Å². The number of esters is 2. The van der Waals surface area contributed by atoms with Crippen LogP contribution in [0, 0.1) is 0 Å². The van der Waals surface area contributed by atoms with E-state index in [4.69, 9.17) is 9.47 Å². The van der Waals surface area contributed by atoms with Gasteiger partial charge in [-0.1, -0.05) is 28.1 Å². The maximum absolute atomic E-state index is 12.5. The average Bonchev–Trinajstić information content (AvgIpc) is 2.60. The summed E-state index contributed by atoms with van der Waals surface area (Å²) >= 11 is 3.22. The number of nitrogens with zero attached hydrogens (tertiary/aromatic N) is 1. The summed E-state index contributed by atoms with van der Waals surface area (Å²) in [6, 6.07) is 6.55. The highest BCUT2D eigenvalue weighted by molar-refractivity contribution is 9.10. The summed E-state index contributed by atoms with van der Waals surface area (Å²) in [7, 11) is 2.55. The minimum absolute atomic E-state index is 0.143. The molecule has 0 heterocycles. The Labute approximate surface area is 155 Å². The molecular weight excluding hydrogens is 394 g/mol. The lowest BCUT2D eigenvalue weighted by Gasteiger charge is -2.25. The number of carbonyl (C=O) groups is 3. The van der Waals surface area contributed by atoms with Crippen molar-refractivity contribution in [2.45, 2.75) is 31.2 Å². The van der Waals surface area contributed by atoms with Crippen LogP contribution in [0.15, 0.2) is 24.3 Å². The van der Waals surface area contributed by atoms with Gasteiger partial charge in [-0.05, 0) is 32.4 Å². The molecule has 1 rings (SSSR count). The number of alkyl halides is 1. The lowest BCUT2D eigenvalue weighted by molar-refractivity contribution is -0.139. The molecule has 138 valence electrons. The van der Waals surface area contributed by atoms with E-state index in [9.17, 15) is 14.4 Å². The summed E-state index contributed by atoms with van der Waals surface area (Å²) in [5, 5.41) is 0. The average molecular weight is 416 g/mol. The van der Waals surface area contributed by atoms with E-state index >= 15 is 0 Å². The lowest BCUT2D eigenvalue weighted by Crippen LogP contribution is -2.37. The van der Waals surface area contributed by atoms with Gasteiger partial charge in [0.15, 0.2) is 0 Å². The molecular formula is C17H22BrNO6. The number of rotatable bonds is 7. The molecule has 8 heteroatoms. The molecule has 0 aliphatic carbocycles. The molecule has 0 fully saturated rings. The second-order valence-corrected chi connectivity index (χ2v) is 6.48. The Morgan fingerprint density at radius 2 is 1.76 bits per heavy atom. The van der Waals surface area contributed by atoms with Crippen molar-refractivity contribution < 1.29 is 28.6 Å². The number of benzene rings is 1. The van der Waals surface area contributed by atoms with E-state index in [1.807, 2.05) is 0 Å². The standard InChI is InChI=1S/C17H22BrNO6/c1-11(2)25-17(22)19(10-9-13(18)16(21)24-4)14-8-6-5-7-12(14)15(20)23-3/h5-8,11,13H,9-10H2,1-4H3. The van der Waals surface area contributed by atoms with Crippen LogP contribution in [-0.4, -0.2) is 49.7 Å². The van der Waals surface area contributed by atoms with Gasteiger partial charge in [-0.15, -0.1) is 0 Å². The second-order valence-electron chi connectivity index (χ2n) is 5.37. The summed E-state index contributed by atoms with van der Waals surface area (Å²) in [6.07, 6.45) is -0.674. The molecule has 0 radical (unpaired) electrons. The van der Waals surface area contributed by atoms with E-state index < -0.39 is 22.9 Å². The largest absolute Gasteiger partial charge is 0.468 e. The number of para-hydroxylation sites is 1. The summed E-state index contributed by atoms with van der Waals surface area (Å²) < 4.78 is 14.7. The predicted octanol–water partition coefficient (Wildman–Crippen LogP) is 3.15. The van der Waals surface area contributed by atoms with Crippen molar-refractivity contribution in [2.75, 3.05) is 25.7 Å². The van der Waals surface area contributed by atoms with Crippen LogP contribution in [0.1, 0.15) is 30.6 Å². The number of amides is 1. The van der Waals surface area contributed by atoms with E-state index in [0.29, 0.717) is 5.69 Å². The molecule has 0 saturated carbocycles. The Kier molecular flexibility index (Phi) is 8.40. The zero-order valence-corrected chi connectivity index (χ0v) is 16.2. The van der Waals surface area contributed by atoms with Gasteiger partial charge in [0.2, 0.25) is 0 Å². The molecule has 7 nitrogen and oxygen atoms in total.